The second-order valence-corrected chi connectivity index (χ2v) is 4.30. The van der Waals surface area contributed by atoms with Gasteiger partial charge in [0.15, 0.2) is 5.82 Å². The van der Waals surface area contributed by atoms with Crippen LogP contribution >= 0.6 is 0 Å². The van der Waals surface area contributed by atoms with Crippen molar-refractivity contribution in [1.82, 2.24) is 10.1 Å². The lowest BCUT2D eigenvalue weighted by atomic mass is 10.1. The highest BCUT2D eigenvalue weighted by Crippen LogP contribution is 2.20. The average Bonchev–Trinajstić information content (AvgIpc) is 2.87. The Hall–Kier alpha value is -1.92. The molecular weight excluding hydrogens is 246 g/mol. The number of nitrogens with zero attached hydrogens (tertiary/aromatic N) is 2. The van der Waals surface area contributed by atoms with Gasteiger partial charge in [-0.05, 0) is 13.0 Å². The average molecular weight is 263 g/mol. The number of hydrogen-bond donors (Lipinski definition) is 2. The van der Waals surface area contributed by atoms with Gasteiger partial charge in [-0.25, -0.2) is 0 Å². The van der Waals surface area contributed by atoms with Gasteiger partial charge in [0.05, 0.1) is 13.2 Å². The predicted octanol–water partition coefficient (Wildman–Crippen LogP) is 1.05. The molecule has 0 fully saturated rings. The van der Waals surface area contributed by atoms with E-state index in [2.05, 4.69) is 10.1 Å². The Bertz CT molecular complexity index is 539. The number of hydrogen-bond acceptors (Lipinski definition) is 6. The molecule has 0 saturated carbocycles. The summed E-state index contributed by atoms with van der Waals surface area (Å²) in [7, 11) is 1.61. The molecule has 0 spiro atoms. The van der Waals surface area contributed by atoms with Crippen molar-refractivity contribution in [2.45, 2.75) is 25.5 Å². The van der Waals surface area contributed by atoms with E-state index in [1.54, 1.807) is 14.0 Å². The highest BCUT2D eigenvalue weighted by Gasteiger charge is 2.19. The van der Waals surface area contributed by atoms with E-state index >= 15 is 0 Å². The molecule has 0 aliphatic carbocycles. The number of nitrogens with two attached hydrogens (primary N) is 1. The smallest absolute Gasteiger partial charge is 0.246 e. The lowest BCUT2D eigenvalue weighted by Crippen LogP contribution is -2.23. The van der Waals surface area contributed by atoms with Crippen LogP contribution in [0.2, 0.25) is 0 Å². The number of aromatic nitrogens is 2. The summed E-state index contributed by atoms with van der Waals surface area (Å²) >= 11 is 0. The molecule has 1 heterocycles. The minimum atomic E-state index is -0.737. The van der Waals surface area contributed by atoms with Crippen molar-refractivity contribution in [1.29, 1.82) is 0 Å². The topological polar surface area (TPSA) is 94.4 Å². The van der Waals surface area contributed by atoms with Crippen LogP contribution in [0.1, 0.15) is 30.2 Å². The van der Waals surface area contributed by atoms with Crippen LogP contribution in [0, 0.1) is 0 Å². The third-order valence-corrected chi connectivity index (χ3v) is 2.83. The number of rotatable bonds is 5. The first-order valence-electron chi connectivity index (χ1n) is 6.00. The SMILES string of the molecule is COc1ccccc1Cc1noc([C@@H](N)[C@@H](C)O)n1. The summed E-state index contributed by atoms with van der Waals surface area (Å²) in [5.74, 6) is 1.52. The standard InChI is InChI=1S/C13H17N3O3/c1-8(17)12(14)13-15-11(16-19-13)7-9-5-3-4-6-10(9)18-2/h3-6,8,12,17H,7,14H2,1-2H3/t8-,12+/m1/s1. The van der Waals surface area contributed by atoms with E-state index in [9.17, 15) is 5.11 Å². The van der Waals surface area contributed by atoms with Gasteiger partial charge in [0.25, 0.3) is 0 Å². The highest BCUT2D eigenvalue weighted by atomic mass is 16.5. The first-order valence-corrected chi connectivity index (χ1v) is 6.00. The van der Waals surface area contributed by atoms with Gasteiger partial charge in [0, 0.05) is 12.0 Å². The molecule has 2 aromatic rings. The summed E-state index contributed by atoms with van der Waals surface area (Å²) in [6.45, 7) is 1.58. The fourth-order valence-electron chi connectivity index (χ4n) is 1.70. The van der Waals surface area contributed by atoms with Crippen LogP contribution in [0.25, 0.3) is 0 Å². The molecule has 19 heavy (non-hydrogen) atoms. The van der Waals surface area contributed by atoms with Crippen LogP contribution in [0.5, 0.6) is 5.75 Å². The molecule has 0 amide bonds. The van der Waals surface area contributed by atoms with Crippen LogP contribution in [0.3, 0.4) is 0 Å². The number of para-hydroxylation sites is 1. The van der Waals surface area contributed by atoms with Crippen molar-refractivity contribution in [2.24, 2.45) is 5.73 Å². The molecule has 1 aromatic carbocycles. The molecule has 0 aliphatic rings. The summed E-state index contributed by atoms with van der Waals surface area (Å²) < 4.78 is 10.3. The molecule has 6 heteroatoms. The molecule has 3 N–H and O–H groups in total. The second kappa shape index (κ2) is 5.81. The third kappa shape index (κ3) is 3.10. The van der Waals surface area contributed by atoms with E-state index in [4.69, 9.17) is 15.0 Å². The number of benzene rings is 1. The Labute approximate surface area is 111 Å². The van der Waals surface area contributed by atoms with Crippen LogP contribution in [0.15, 0.2) is 28.8 Å². The lowest BCUT2D eigenvalue weighted by Gasteiger charge is -2.08. The summed E-state index contributed by atoms with van der Waals surface area (Å²) in [5, 5.41) is 13.2. The second-order valence-electron chi connectivity index (χ2n) is 4.30. The molecule has 0 saturated heterocycles. The monoisotopic (exact) mass is 263 g/mol. The first-order chi connectivity index (χ1) is 9.11. The van der Waals surface area contributed by atoms with Gasteiger partial charge in [-0.1, -0.05) is 23.4 Å². The lowest BCUT2D eigenvalue weighted by molar-refractivity contribution is 0.146. The quantitative estimate of drug-likeness (QED) is 0.837. The summed E-state index contributed by atoms with van der Waals surface area (Å²) in [5.41, 5.74) is 6.69. The van der Waals surface area contributed by atoms with Crippen molar-refractivity contribution in [3.05, 3.63) is 41.5 Å². The van der Waals surface area contributed by atoms with Crippen molar-refractivity contribution in [3.8, 4) is 5.75 Å². The molecule has 1 aromatic heterocycles. The Morgan fingerprint density at radius 3 is 2.84 bits per heavy atom. The van der Waals surface area contributed by atoms with Gasteiger partial charge in [-0.2, -0.15) is 4.98 Å². The van der Waals surface area contributed by atoms with Gasteiger partial charge < -0.3 is 20.1 Å². The highest BCUT2D eigenvalue weighted by molar-refractivity contribution is 5.35. The maximum absolute atomic E-state index is 9.38. The number of ether oxygens (including phenoxy) is 1. The van der Waals surface area contributed by atoms with Crippen LogP contribution in [-0.2, 0) is 6.42 Å². The predicted molar refractivity (Wildman–Crippen MR) is 68.7 cm³/mol. The molecule has 2 atom stereocenters. The van der Waals surface area contributed by atoms with E-state index in [-0.39, 0.29) is 5.89 Å². The number of aliphatic hydroxyl groups is 1. The zero-order chi connectivity index (χ0) is 13.8. The van der Waals surface area contributed by atoms with E-state index in [1.807, 2.05) is 24.3 Å². The van der Waals surface area contributed by atoms with Crippen molar-refractivity contribution in [3.63, 3.8) is 0 Å². The normalized spacial score (nSPS) is 14.1. The molecular formula is C13H17N3O3. The maximum atomic E-state index is 9.38. The number of methoxy groups -OCH3 is 1. The summed E-state index contributed by atoms with van der Waals surface area (Å²) in [6.07, 6.45) is -0.250. The fraction of sp³-hybridized carbons (Fsp3) is 0.385. The Morgan fingerprint density at radius 1 is 1.42 bits per heavy atom. The summed E-state index contributed by atoms with van der Waals surface area (Å²) in [6, 6.07) is 6.95. The molecule has 2 rings (SSSR count). The van der Waals surface area contributed by atoms with Crippen LogP contribution in [-0.4, -0.2) is 28.5 Å². The van der Waals surface area contributed by atoms with Gasteiger partial charge >= 0.3 is 0 Å². The summed E-state index contributed by atoms with van der Waals surface area (Å²) in [4.78, 5) is 4.18. The van der Waals surface area contributed by atoms with Gasteiger partial charge in [0.2, 0.25) is 5.89 Å². The molecule has 0 bridgehead atoms. The molecule has 6 nitrogen and oxygen atoms in total. The molecule has 0 aliphatic heterocycles. The van der Waals surface area contributed by atoms with E-state index in [1.165, 1.54) is 0 Å². The van der Waals surface area contributed by atoms with Gasteiger partial charge in [0.1, 0.15) is 11.8 Å². The van der Waals surface area contributed by atoms with Gasteiger partial charge in [-0.15, -0.1) is 0 Å². The van der Waals surface area contributed by atoms with Crippen molar-refractivity contribution < 1.29 is 14.4 Å². The largest absolute Gasteiger partial charge is 0.496 e. The molecule has 102 valence electrons. The minimum Gasteiger partial charge on any atom is -0.496 e. The third-order valence-electron chi connectivity index (χ3n) is 2.83. The molecule has 0 radical (unpaired) electrons. The Balaban J connectivity index is 2.16. The first kappa shape index (κ1) is 13.5. The zero-order valence-corrected chi connectivity index (χ0v) is 10.9. The van der Waals surface area contributed by atoms with Gasteiger partial charge in [-0.3, -0.25) is 0 Å². The van der Waals surface area contributed by atoms with Crippen molar-refractivity contribution >= 4 is 0 Å². The van der Waals surface area contributed by atoms with E-state index < -0.39 is 12.1 Å². The van der Waals surface area contributed by atoms with E-state index in [0.717, 1.165) is 11.3 Å². The van der Waals surface area contributed by atoms with E-state index in [0.29, 0.717) is 12.2 Å². The van der Waals surface area contributed by atoms with Crippen molar-refractivity contribution in [2.75, 3.05) is 7.11 Å². The van der Waals surface area contributed by atoms with Crippen LogP contribution in [0.4, 0.5) is 0 Å². The Morgan fingerprint density at radius 2 is 2.16 bits per heavy atom. The zero-order valence-electron chi connectivity index (χ0n) is 10.9. The molecule has 0 unspecified atom stereocenters. The Kier molecular flexibility index (Phi) is 4.13. The number of aliphatic hydroxyl groups excluding tert-OH is 1. The minimum absolute atomic E-state index is 0.236. The fourth-order valence-corrected chi connectivity index (χ4v) is 1.70. The van der Waals surface area contributed by atoms with Crippen LogP contribution < -0.4 is 10.5 Å². The maximum Gasteiger partial charge on any atom is 0.246 e.